The lowest BCUT2D eigenvalue weighted by atomic mass is 10.2. The van der Waals surface area contributed by atoms with E-state index in [0.29, 0.717) is 22.4 Å². The van der Waals surface area contributed by atoms with Gasteiger partial charge in [-0.25, -0.2) is 4.98 Å². The molecule has 5 nitrogen and oxygen atoms in total. The fourth-order valence-corrected chi connectivity index (χ4v) is 2.18. The van der Waals surface area contributed by atoms with E-state index in [1.54, 1.807) is 36.3 Å². The molecule has 0 aliphatic rings. The lowest BCUT2D eigenvalue weighted by Gasteiger charge is -2.11. The monoisotopic (exact) mass is 312 g/mol. The van der Waals surface area contributed by atoms with Crippen LogP contribution in [-0.4, -0.2) is 12.0 Å². The van der Waals surface area contributed by atoms with Crippen molar-refractivity contribution in [1.29, 1.82) is 0 Å². The zero-order valence-electron chi connectivity index (χ0n) is 10.6. The molecule has 1 N–H and O–H groups in total. The highest BCUT2D eigenvalue weighted by atomic mass is 35.5. The average Bonchev–Trinajstić information content (AvgIpc) is 2.43. The zero-order valence-corrected chi connectivity index (χ0v) is 12.1. The standard InChI is InChI=1S/C13H11Cl2N3O2/c1-17(8-9-4-5-10(14)11(15)7-9)13-12(18(19)20)3-2-6-16-13/h2-7H,8H2,1H3/p+1. The Bertz CT molecular complexity index is 649. The minimum Gasteiger partial charge on any atom is -0.258 e. The fraction of sp³-hybridized carbons (Fsp3) is 0.154. The summed E-state index contributed by atoms with van der Waals surface area (Å²) in [6, 6.07) is 8.33. The summed E-state index contributed by atoms with van der Waals surface area (Å²) in [6.45, 7) is 0.470. The molecule has 0 atom stereocenters. The van der Waals surface area contributed by atoms with Gasteiger partial charge in [-0.1, -0.05) is 29.3 Å². The molecule has 0 saturated heterocycles. The molecule has 0 bridgehead atoms. The number of pyridine rings is 1. The van der Waals surface area contributed by atoms with Crippen LogP contribution in [0.2, 0.25) is 10.0 Å². The second-order valence-electron chi connectivity index (χ2n) is 4.27. The van der Waals surface area contributed by atoms with Gasteiger partial charge in [0.1, 0.15) is 6.54 Å². The van der Waals surface area contributed by atoms with Crippen LogP contribution >= 0.6 is 23.2 Å². The van der Waals surface area contributed by atoms with Crippen molar-refractivity contribution in [2.24, 2.45) is 0 Å². The molecule has 7 heteroatoms. The Balaban J connectivity index is 2.26. The van der Waals surface area contributed by atoms with Gasteiger partial charge in [0.15, 0.2) is 0 Å². The largest absolute Gasteiger partial charge is 0.357 e. The van der Waals surface area contributed by atoms with E-state index in [-0.39, 0.29) is 5.69 Å². The van der Waals surface area contributed by atoms with Crippen molar-refractivity contribution in [3.63, 3.8) is 0 Å². The van der Waals surface area contributed by atoms with Crippen molar-refractivity contribution >= 4 is 34.7 Å². The van der Waals surface area contributed by atoms with Gasteiger partial charge in [0, 0.05) is 6.07 Å². The van der Waals surface area contributed by atoms with E-state index in [0.717, 1.165) is 5.56 Å². The van der Waals surface area contributed by atoms with Gasteiger partial charge in [0.2, 0.25) is 0 Å². The number of rotatable bonds is 4. The highest BCUT2D eigenvalue weighted by Crippen LogP contribution is 2.25. The minimum absolute atomic E-state index is 0.0232. The first-order valence-electron chi connectivity index (χ1n) is 5.79. The van der Waals surface area contributed by atoms with Crippen LogP contribution in [0.3, 0.4) is 0 Å². The van der Waals surface area contributed by atoms with E-state index in [1.807, 2.05) is 6.07 Å². The van der Waals surface area contributed by atoms with Crippen molar-refractivity contribution in [1.82, 2.24) is 0 Å². The average molecular weight is 313 g/mol. The Morgan fingerprint density at radius 3 is 2.70 bits per heavy atom. The van der Waals surface area contributed by atoms with Crippen LogP contribution in [-0.2, 0) is 6.54 Å². The molecule has 1 aromatic heterocycles. The molecule has 1 aromatic carbocycles. The maximum Gasteiger partial charge on any atom is 0.357 e. The van der Waals surface area contributed by atoms with E-state index in [1.165, 1.54) is 6.07 Å². The first-order valence-corrected chi connectivity index (χ1v) is 6.55. The van der Waals surface area contributed by atoms with Crippen LogP contribution in [0.15, 0.2) is 36.5 Å². The Hall–Kier alpha value is -1.85. The first-order chi connectivity index (χ1) is 9.49. The van der Waals surface area contributed by atoms with Crippen molar-refractivity contribution in [3.05, 3.63) is 62.3 Å². The number of hydrogen-bond donors (Lipinski definition) is 0. The predicted molar refractivity (Wildman–Crippen MR) is 78.2 cm³/mol. The summed E-state index contributed by atoms with van der Waals surface area (Å²) in [4.78, 5) is 15.2. The number of nitro groups is 1. The molecule has 2 rings (SSSR count). The summed E-state index contributed by atoms with van der Waals surface area (Å²) in [5, 5.41) is 11.9. The lowest BCUT2D eigenvalue weighted by Crippen LogP contribution is -2.25. The fourth-order valence-electron chi connectivity index (χ4n) is 1.86. The third-order valence-electron chi connectivity index (χ3n) is 2.80. The SMILES string of the molecule is CN(Cc1ccc(Cl)c(Cl)c1)c1[nH+]cccc1[N+](=O)[O-]. The minimum atomic E-state index is -0.419. The number of aromatic amines is 1. The van der Waals surface area contributed by atoms with Crippen molar-refractivity contribution in [2.45, 2.75) is 6.54 Å². The van der Waals surface area contributed by atoms with Crippen LogP contribution in [0, 0.1) is 10.1 Å². The molecule has 0 amide bonds. The van der Waals surface area contributed by atoms with Crippen LogP contribution in [0.5, 0.6) is 0 Å². The second-order valence-corrected chi connectivity index (χ2v) is 5.08. The van der Waals surface area contributed by atoms with Gasteiger partial charge in [-0.15, -0.1) is 0 Å². The number of hydrogen-bond acceptors (Lipinski definition) is 3. The number of nitrogens with zero attached hydrogens (tertiary/aromatic N) is 2. The summed E-state index contributed by atoms with van der Waals surface area (Å²) in [5.41, 5.74) is 0.934. The van der Waals surface area contributed by atoms with Crippen LogP contribution < -0.4 is 9.88 Å². The molecule has 0 aliphatic carbocycles. The molecule has 0 aliphatic heterocycles. The summed E-state index contributed by atoms with van der Waals surface area (Å²) in [6.07, 6.45) is 1.65. The second kappa shape index (κ2) is 6.07. The summed E-state index contributed by atoms with van der Waals surface area (Å²) < 4.78 is 0. The molecular formula is C13H12Cl2N3O2+. The quantitative estimate of drug-likeness (QED) is 0.642. The highest BCUT2D eigenvalue weighted by molar-refractivity contribution is 6.42. The third kappa shape index (κ3) is 3.18. The van der Waals surface area contributed by atoms with Gasteiger partial charge in [-0.05, 0) is 23.8 Å². The van der Waals surface area contributed by atoms with Gasteiger partial charge < -0.3 is 0 Å². The van der Waals surface area contributed by atoms with Crippen molar-refractivity contribution in [2.75, 3.05) is 11.9 Å². The molecule has 20 heavy (non-hydrogen) atoms. The molecule has 0 spiro atoms. The normalized spacial score (nSPS) is 10.3. The van der Waals surface area contributed by atoms with Gasteiger partial charge in [0.05, 0.1) is 28.2 Å². The van der Waals surface area contributed by atoms with Gasteiger partial charge in [0.25, 0.3) is 0 Å². The van der Waals surface area contributed by atoms with E-state index in [2.05, 4.69) is 4.98 Å². The molecule has 2 aromatic rings. The molecule has 1 heterocycles. The zero-order chi connectivity index (χ0) is 14.7. The molecule has 0 fully saturated rings. The van der Waals surface area contributed by atoms with Crippen LogP contribution in [0.25, 0.3) is 0 Å². The topological polar surface area (TPSA) is 60.5 Å². The number of aromatic nitrogens is 1. The molecular weight excluding hydrogens is 301 g/mol. The van der Waals surface area contributed by atoms with Gasteiger partial charge in [-0.2, -0.15) is 0 Å². The van der Waals surface area contributed by atoms with Crippen LogP contribution in [0.1, 0.15) is 5.56 Å². The molecule has 104 valence electrons. The summed E-state index contributed by atoms with van der Waals surface area (Å²) >= 11 is 11.8. The lowest BCUT2D eigenvalue weighted by molar-refractivity contribution is -0.411. The molecule has 0 saturated carbocycles. The van der Waals surface area contributed by atoms with Crippen molar-refractivity contribution in [3.8, 4) is 0 Å². The summed E-state index contributed by atoms with van der Waals surface area (Å²) in [7, 11) is 1.77. The maximum absolute atomic E-state index is 11.0. The Morgan fingerprint density at radius 2 is 2.05 bits per heavy atom. The van der Waals surface area contributed by atoms with Crippen LogP contribution in [0.4, 0.5) is 11.5 Å². The Morgan fingerprint density at radius 1 is 1.30 bits per heavy atom. The number of halogens is 2. The summed E-state index contributed by atoms with van der Waals surface area (Å²) in [5.74, 6) is 0.434. The van der Waals surface area contributed by atoms with Gasteiger partial charge in [-0.3, -0.25) is 15.0 Å². The molecule has 0 radical (unpaired) electrons. The number of H-pyrrole nitrogens is 1. The number of benzene rings is 1. The van der Waals surface area contributed by atoms with E-state index in [4.69, 9.17) is 23.2 Å². The maximum atomic E-state index is 11.0. The highest BCUT2D eigenvalue weighted by Gasteiger charge is 2.24. The van der Waals surface area contributed by atoms with E-state index in [9.17, 15) is 10.1 Å². The molecule has 0 unspecified atom stereocenters. The predicted octanol–water partition coefficient (Wildman–Crippen LogP) is 3.35. The number of anilines is 1. The Kier molecular flexibility index (Phi) is 4.42. The number of nitrogens with one attached hydrogen (secondary N) is 1. The Labute approximate surface area is 125 Å². The van der Waals surface area contributed by atoms with Crippen molar-refractivity contribution < 1.29 is 9.91 Å². The van der Waals surface area contributed by atoms with Gasteiger partial charge >= 0.3 is 11.5 Å². The smallest absolute Gasteiger partial charge is 0.258 e. The first kappa shape index (κ1) is 14.6. The van der Waals surface area contributed by atoms with E-state index >= 15 is 0 Å². The third-order valence-corrected chi connectivity index (χ3v) is 3.53. The van der Waals surface area contributed by atoms with E-state index < -0.39 is 4.92 Å².